The molecule has 2 rings (SSSR count). The van der Waals surface area contributed by atoms with Crippen LogP contribution in [0.15, 0.2) is 36.4 Å². The largest absolute Gasteiger partial charge is 0.454 e. The van der Waals surface area contributed by atoms with Crippen LogP contribution in [-0.2, 0) is 0 Å². The zero-order valence-corrected chi connectivity index (χ0v) is 11.5. The fourth-order valence-corrected chi connectivity index (χ4v) is 2.11. The van der Waals surface area contributed by atoms with Gasteiger partial charge in [-0.25, -0.2) is 4.39 Å². The van der Waals surface area contributed by atoms with Crippen molar-refractivity contribution in [3.8, 4) is 11.5 Å². The number of aryl methyl sites for hydroxylation is 1. The molecule has 0 heterocycles. The predicted octanol–water partition coefficient (Wildman–Crippen LogP) is 4.60. The molecule has 0 aliphatic heterocycles. The molecule has 0 fully saturated rings. The van der Waals surface area contributed by atoms with Crippen molar-refractivity contribution in [3.63, 3.8) is 0 Å². The summed E-state index contributed by atoms with van der Waals surface area (Å²) in [5.74, 6) is 0.304. The summed E-state index contributed by atoms with van der Waals surface area (Å²) in [4.78, 5) is 0. The van der Waals surface area contributed by atoms with Crippen LogP contribution in [0.4, 0.5) is 4.39 Å². The van der Waals surface area contributed by atoms with Crippen molar-refractivity contribution in [1.82, 2.24) is 0 Å². The van der Waals surface area contributed by atoms with Gasteiger partial charge in [-0.15, -0.1) is 0 Å². The molecule has 0 amide bonds. The van der Waals surface area contributed by atoms with Gasteiger partial charge in [0.15, 0.2) is 11.6 Å². The Morgan fingerprint density at radius 2 is 2.00 bits per heavy atom. The molecule has 0 aliphatic carbocycles. The van der Waals surface area contributed by atoms with Crippen LogP contribution in [0.2, 0.25) is 5.02 Å². The molecule has 0 bridgehead atoms. The number of benzene rings is 2. The third kappa shape index (κ3) is 3.06. The molecule has 2 N–H and O–H groups in total. The summed E-state index contributed by atoms with van der Waals surface area (Å²) < 4.78 is 19.3. The van der Waals surface area contributed by atoms with Gasteiger partial charge in [-0.2, -0.15) is 0 Å². The molecule has 0 radical (unpaired) electrons. The monoisotopic (exact) mass is 279 g/mol. The molecule has 0 aliphatic rings. The van der Waals surface area contributed by atoms with Gasteiger partial charge in [0.05, 0.1) is 0 Å². The maximum Gasteiger partial charge on any atom is 0.168 e. The second kappa shape index (κ2) is 5.59. The molecule has 4 heteroatoms. The first-order chi connectivity index (χ1) is 8.99. The fourth-order valence-electron chi connectivity index (χ4n) is 1.77. The first-order valence-corrected chi connectivity index (χ1v) is 6.35. The third-order valence-corrected chi connectivity index (χ3v) is 3.17. The minimum Gasteiger partial charge on any atom is -0.454 e. The number of ether oxygens (including phenoxy) is 1. The van der Waals surface area contributed by atoms with E-state index in [9.17, 15) is 4.39 Å². The van der Waals surface area contributed by atoms with Crippen LogP contribution in [0, 0.1) is 12.7 Å². The van der Waals surface area contributed by atoms with Crippen molar-refractivity contribution < 1.29 is 9.13 Å². The van der Waals surface area contributed by atoms with E-state index in [0.29, 0.717) is 16.3 Å². The highest BCUT2D eigenvalue weighted by Crippen LogP contribution is 2.30. The summed E-state index contributed by atoms with van der Waals surface area (Å²) in [6, 6.07) is 10.0. The van der Waals surface area contributed by atoms with Gasteiger partial charge in [0.1, 0.15) is 5.75 Å². The Bertz CT molecular complexity index is 599. The molecular weight excluding hydrogens is 265 g/mol. The lowest BCUT2D eigenvalue weighted by molar-refractivity contribution is 0.440. The van der Waals surface area contributed by atoms with Gasteiger partial charge in [0.2, 0.25) is 0 Å². The zero-order valence-electron chi connectivity index (χ0n) is 10.8. The van der Waals surface area contributed by atoms with Crippen LogP contribution in [0.25, 0.3) is 0 Å². The van der Waals surface area contributed by atoms with Crippen molar-refractivity contribution in [3.05, 3.63) is 58.4 Å². The van der Waals surface area contributed by atoms with E-state index >= 15 is 0 Å². The van der Waals surface area contributed by atoms with Gasteiger partial charge in [-0.05, 0) is 43.2 Å². The van der Waals surface area contributed by atoms with Gasteiger partial charge >= 0.3 is 0 Å². The van der Waals surface area contributed by atoms with Crippen molar-refractivity contribution in [1.29, 1.82) is 0 Å². The van der Waals surface area contributed by atoms with E-state index in [0.717, 1.165) is 5.56 Å². The van der Waals surface area contributed by atoms with Crippen molar-refractivity contribution in [2.45, 2.75) is 19.9 Å². The summed E-state index contributed by atoms with van der Waals surface area (Å²) in [5, 5.41) is 0.514. The molecular formula is C15H15ClFNO. The Kier molecular flexibility index (Phi) is 4.08. The predicted molar refractivity (Wildman–Crippen MR) is 75.3 cm³/mol. The Balaban J connectivity index is 2.29. The van der Waals surface area contributed by atoms with Crippen molar-refractivity contribution >= 4 is 11.6 Å². The van der Waals surface area contributed by atoms with Crippen LogP contribution < -0.4 is 10.5 Å². The maximum atomic E-state index is 13.8. The van der Waals surface area contributed by atoms with Gasteiger partial charge in [0, 0.05) is 11.1 Å². The van der Waals surface area contributed by atoms with Crippen molar-refractivity contribution in [2.24, 2.45) is 5.73 Å². The maximum absolute atomic E-state index is 13.8. The highest BCUT2D eigenvalue weighted by atomic mass is 35.5. The van der Waals surface area contributed by atoms with Gasteiger partial charge < -0.3 is 10.5 Å². The molecule has 0 saturated carbocycles. The first-order valence-electron chi connectivity index (χ1n) is 5.97. The lowest BCUT2D eigenvalue weighted by Crippen LogP contribution is -2.05. The standard InChI is InChI=1S/C15H15ClFNO/c1-9-4-3-5-14(15(9)17)19-11-6-7-12(10(2)18)13(16)8-11/h3-8,10H,18H2,1-2H3. The van der Waals surface area contributed by atoms with E-state index < -0.39 is 0 Å². The molecule has 0 aromatic heterocycles. The molecule has 1 atom stereocenters. The minimum absolute atomic E-state index is 0.155. The topological polar surface area (TPSA) is 35.2 Å². The zero-order chi connectivity index (χ0) is 14.0. The number of nitrogens with two attached hydrogens (primary N) is 1. The average Bonchev–Trinajstić information content (AvgIpc) is 2.34. The van der Waals surface area contributed by atoms with E-state index in [1.165, 1.54) is 0 Å². The Hall–Kier alpha value is -1.58. The fraction of sp³-hybridized carbons (Fsp3) is 0.200. The van der Waals surface area contributed by atoms with E-state index in [4.69, 9.17) is 22.1 Å². The summed E-state index contributed by atoms with van der Waals surface area (Å²) in [6.07, 6.45) is 0. The highest BCUT2D eigenvalue weighted by Gasteiger charge is 2.10. The minimum atomic E-state index is -0.366. The quantitative estimate of drug-likeness (QED) is 0.891. The molecule has 2 aromatic rings. The second-order valence-electron chi connectivity index (χ2n) is 4.46. The van der Waals surface area contributed by atoms with E-state index in [2.05, 4.69) is 0 Å². The van der Waals surface area contributed by atoms with Crippen molar-refractivity contribution in [2.75, 3.05) is 0 Å². The number of rotatable bonds is 3. The lowest BCUT2D eigenvalue weighted by atomic mass is 10.1. The summed E-state index contributed by atoms with van der Waals surface area (Å²) >= 11 is 6.11. The van der Waals surface area contributed by atoms with Gasteiger partial charge in [-0.1, -0.05) is 29.8 Å². The smallest absolute Gasteiger partial charge is 0.168 e. The number of hydrogen-bond acceptors (Lipinski definition) is 2. The molecule has 2 nitrogen and oxygen atoms in total. The highest BCUT2D eigenvalue weighted by molar-refractivity contribution is 6.31. The van der Waals surface area contributed by atoms with Gasteiger partial charge in [-0.3, -0.25) is 0 Å². The normalized spacial score (nSPS) is 12.3. The lowest BCUT2D eigenvalue weighted by Gasteiger charge is -2.12. The van der Waals surface area contributed by atoms with E-state index in [1.54, 1.807) is 43.3 Å². The summed E-state index contributed by atoms with van der Waals surface area (Å²) in [7, 11) is 0. The first kappa shape index (κ1) is 13.8. The molecule has 100 valence electrons. The average molecular weight is 280 g/mol. The Labute approximate surface area is 117 Å². The van der Waals surface area contributed by atoms with Crippen LogP contribution in [-0.4, -0.2) is 0 Å². The molecule has 19 heavy (non-hydrogen) atoms. The van der Waals surface area contributed by atoms with E-state index in [1.807, 2.05) is 6.92 Å². The molecule has 1 unspecified atom stereocenters. The Morgan fingerprint density at radius 3 is 2.63 bits per heavy atom. The number of halogens is 2. The van der Waals surface area contributed by atoms with Crippen LogP contribution >= 0.6 is 11.6 Å². The SMILES string of the molecule is Cc1cccc(Oc2ccc(C(C)N)c(Cl)c2)c1F. The summed E-state index contributed by atoms with van der Waals surface area (Å²) in [5.41, 5.74) is 7.15. The van der Waals surface area contributed by atoms with Gasteiger partial charge in [0.25, 0.3) is 0 Å². The molecule has 0 spiro atoms. The second-order valence-corrected chi connectivity index (χ2v) is 4.87. The molecule has 0 saturated heterocycles. The van der Waals surface area contributed by atoms with Crippen LogP contribution in [0.5, 0.6) is 11.5 Å². The third-order valence-electron chi connectivity index (χ3n) is 2.85. The number of hydrogen-bond donors (Lipinski definition) is 1. The Morgan fingerprint density at radius 1 is 1.26 bits per heavy atom. The van der Waals surface area contributed by atoms with Crippen LogP contribution in [0.3, 0.4) is 0 Å². The van der Waals surface area contributed by atoms with E-state index in [-0.39, 0.29) is 17.6 Å². The van der Waals surface area contributed by atoms with Crippen LogP contribution in [0.1, 0.15) is 24.1 Å². The summed E-state index contributed by atoms with van der Waals surface area (Å²) in [6.45, 7) is 3.54. The molecule has 2 aromatic carbocycles.